The van der Waals surface area contributed by atoms with Crippen LogP contribution in [0, 0.1) is 5.82 Å². The topological polar surface area (TPSA) is 70.5 Å². The second-order valence-electron chi connectivity index (χ2n) is 3.99. The molecular formula is C14H11FN2O3. The van der Waals surface area contributed by atoms with E-state index in [1.165, 1.54) is 43.5 Å². The summed E-state index contributed by atoms with van der Waals surface area (Å²) in [7, 11) is 0. The van der Waals surface area contributed by atoms with Crippen molar-refractivity contribution in [1.82, 2.24) is 4.98 Å². The monoisotopic (exact) mass is 274 g/mol. The van der Waals surface area contributed by atoms with E-state index < -0.39 is 17.7 Å². The number of aromatic nitrogens is 1. The van der Waals surface area contributed by atoms with Crippen molar-refractivity contribution in [2.45, 2.75) is 6.92 Å². The molecule has 0 saturated carbocycles. The average molecular weight is 274 g/mol. The van der Waals surface area contributed by atoms with Crippen LogP contribution in [0.2, 0.25) is 0 Å². The summed E-state index contributed by atoms with van der Waals surface area (Å²) in [4.78, 5) is 27.8. The third-order valence-electron chi connectivity index (χ3n) is 2.64. The Morgan fingerprint density at radius 1 is 1.20 bits per heavy atom. The SMILES string of the molecule is CC(=O)N(c1ccccc1F)c1ncccc1C(=O)O. The Hall–Kier alpha value is -2.76. The summed E-state index contributed by atoms with van der Waals surface area (Å²) in [6, 6.07) is 8.35. The first-order valence-electron chi connectivity index (χ1n) is 5.76. The Balaban J connectivity index is 2.65. The minimum Gasteiger partial charge on any atom is -0.478 e. The number of pyridine rings is 1. The van der Waals surface area contributed by atoms with Crippen LogP contribution in [-0.2, 0) is 4.79 Å². The molecule has 1 N–H and O–H groups in total. The zero-order chi connectivity index (χ0) is 14.7. The fourth-order valence-corrected chi connectivity index (χ4v) is 1.81. The molecule has 0 aliphatic carbocycles. The van der Waals surface area contributed by atoms with Crippen LogP contribution in [0.4, 0.5) is 15.9 Å². The molecule has 2 rings (SSSR count). The molecule has 0 aliphatic rings. The van der Waals surface area contributed by atoms with Crippen molar-refractivity contribution in [2.24, 2.45) is 0 Å². The van der Waals surface area contributed by atoms with Crippen LogP contribution >= 0.6 is 0 Å². The Morgan fingerprint density at radius 2 is 1.90 bits per heavy atom. The van der Waals surface area contributed by atoms with E-state index in [9.17, 15) is 14.0 Å². The first kappa shape index (κ1) is 13.7. The lowest BCUT2D eigenvalue weighted by molar-refractivity contribution is -0.115. The van der Waals surface area contributed by atoms with Crippen LogP contribution in [0.15, 0.2) is 42.6 Å². The van der Waals surface area contributed by atoms with Crippen LogP contribution in [-0.4, -0.2) is 22.0 Å². The molecule has 0 saturated heterocycles. The number of nitrogens with zero attached hydrogens (tertiary/aromatic N) is 2. The van der Waals surface area contributed by atoms with Crippen LogP contribution in [0.25, 0.3) is 0 Å². The maximum Gasteiger partial charge on any atom is 0.339 e. The summed E-state index contributed by atoms with van der Waals surface area (Å²) >= 11 is 0. The van der Waals surface area contributed by atoms with Crippen LogP contribution in [0.5, 0.6) is 0 Å². The molecule has 0 atom stereocenters. The summed E-state index contributed by atoms with van der Waals surface area (Å²) in [5.74, 6) is -2.52. The van der Waals surface area contributed by atoms with Gasteiger partial charge >= 0.3 is 5.97 Å². The van der Waals surface area contributed by atoms with E-state index in [4.69, 9.17) is 5.11 Å². The summed E-state index contributed by atoms with van der Waals surface area (Å²) in [5, 5.41) is 9.14. The minimum absolute atomic E-state index is 0.0406. The zero-order valence-electron chi connectivity index (χ0n) is 10.6. The van der Waals surface area contributed by atoms with E-state index >= 15 is 0 Å². The molecule has 2 aromatic rings. The predicted molar refractivity (Wildman–Crippen MR) is 70.4 cm³/mol. The maximum atomic E-state index is 13.8. The molecule has 5 nitrogen and oxygen atoms in total. The Kier molecular flexibility index (Phi) is 3.74. The Morgan fingerprint density at radius 3 is 2.50 bits per heavy atom. The van der Waals surface area contributed by atoms with Gasteiger partial charge in [0.05, 0.1) is 5.69 Å². The van der Waals surface area contributed by atoms with Crippen LogP contribution in [0.1, 0.15) is 17.3 Å². The molecule has 20 heavy (non-hydrogen) atoms. The first-order valence-corrected chi connectivity index (χ1v) is 5.76. The molecule has 1 aromatic carbocycles. The summed E-state index contributed by atoms with van der Waals surface area (Å²) in [6.07, 6.45) is 1.35. The highest BCUT2D eigenvalue weighted by molar-refractivity contribution is 6.04. The number of hydrogen-bond donors (Lipinski definition) is 1. The van der Waals surface area contributed by atoms with Gasteiger partial charge in [0, 0.05) is 13.1 Å². The third kappa shape index (κ3) is 2.49. The van der Waals surface area contributed by atoms with Gasteiger partial charge in [-0.3, -0.25) is 9.69 Å². The number of carboxylic acids is 1. The molecule has 6 heteroatoms. The fourth-order valence-electron chi connectivity index (χ4n) is 1.81. The van der Waals surface area contributed by atoms with Crippen molar-refractivity contribution < 1.29 is 19.1 Å². The molecule has 0 fully saturated rings. The first-order chi connectivity index (χ1) is 9.52. The Bertz CT molecular complexity index is 673. The maximum absolute atomic E-state index is 13.8. The average Bonchev–Trinajstić information content (AvgIpc) is 2.41. The minimum atomic E-state index is -1.24. The number of rotatable bonds is 3. The number of carbonyl (C=O) groups excluding carboxylic acids is 1. The van der Waals surface area contributed by atoms with Gasteiger partial charge in [0.25, 0.3) is 0 Å². The summed E-state index contributed by atoms with van der Waals surface area (Å²) in [5.41, 5.74) is -0.216. The van der Waals surface area contributed by atoms with E-state index in [0.717, 1.165) is 4.90 Å². The Labute approximate surface area is 114 Å². The highest BCUT2D eigenvalue weighted by Gasteiger charge is 2.23. The van der Waals surface area contributed by atoms with E-state index in [-0.39, 0.29) is 17.1 Å². The molecule has 1 heterocycles. The fraction of sp³-hybridized carbons (Fsp3) is 0.0714. The number of benzene rings is 1. The number of para-hydroxylation sites is 1. The normalized spacial score (nSPS) is 10.1. The highest BCUT2D eigenvalue weighted by Crippen LogP contribution is 2.28. The molecule has 1 amide bonds. The molecule has 0 spiro atoms. The number of halogens is 1. The van der Waals surface area contributed by atoms with Gasteiger partial charge in [-0.1, -0.05) is 12.1 Å². The smallest absolute Gasteiger partial charge is 0.339 e. The lowest BCUT2D eigenvalue weighted by Gasteiger charge is -2.21. The predicted octanol–water partition coefficient (Wildman–Crippen LogP) is 2.60. The molecule has 0 unspecified atom stereocenters. The third-order valence-corrected chi connectivity index (χ3v) is 2.64. The van der Waals surface area contributed by atoms with Gasteiger partial charge in [-0.05, 0) is 24.3 Å². The number of carbonyl (C=O) groups is 2. The number of carboxylic acid groups (broad SMARTS) is 1. The van der Waals surface area contributed by atoms with Crippen molar-refractivity contribution in [1.29, 1.82) is 0 Å². The number of aromatic carboxylic acids is 1. The van der Waals surface area contributed by atoms with Gasteiger partial charge in [0.15, 0.2) is 5.82 Å². The van der Waals surface area contributed by atoms with Gasteiger partial charge in [0.2, 0.25) is 5.91 Å². The number of amides is 1. The van der Waals surface area contributed by atoms with E-state index in [1.54, 1.807) is 6.07 Å². The number of hydrogen-bond acceptors (Lipinski definition) is 3. The summed E-state index contributed by atoms with van der Waals surface area (Å²) in [6.45, 7) is 1.22. The molecule has 1 aromatic heterocycles. The molecule has 102 valence electrons. The standard InChI is InChI=1S/C14H11FN2O3/c1-9(18)17(12-7-3-2-6-11(12)15)13-10(14(19)20)5-4-8-16-13/h2-8H,1H3,(H,19,20). The largest absolute Gasteiger partial charge is 0.478 e. The van der Waals surface area contributed by atoms with Crippen molar-refractivity contribution in [2.75, 3.05) is 4.90 Å². The van der Waals surface area contributed by atoms with Crippen LogP contribution in [0.3, 0.4) is 0 Å². The van der Waals surface area contributed by atoms with Gasteiger partial charge in [-0.25, -0.2) is 14.2 Å². The van der Waals surface area contributed by atoms with Crippen molar-refractivity contribution in [3.63, 3.8) is 0 Å². The molecule has 0 bridgehead atoms. The zero-order valence-corrected chi connectivity index (χ0v) is 10.6. The lowest BCUT2D eigenvalue weighted by atomic mass is 10.2. The quantitative estimate of drug-likeness (QED) is 0.933. The lowest BCUT2D eigenvalue weighted by Crippen LogP contribution is -2.26. The molecule has 0 radical (unpaired) electrons. The second-order valence-corrected chi connectivity index (χ2v) is 3.99. The van der Waals surface area contributed by atoms with Gasteiger partial charge in [0.1, 0.15) is 11.4 Å². The molecular weight excluding hydrogens is 263 g/mol. The van der Waals surface area contributed by atoms with E-state index in [2.05, 4.69) is 4.98 Å². The van der Waals surface area contributed by atoms with Crippen molar-refractivity contribution >= 4 is 23.4 Å². The second kappa shape index (κ2) is 5.48. The molecule has 0 aliphatic heterocycles. The number of anilines is 2. The van der Waals surface area contributed by atoms with Gasteiger partial charge in [-0.15, -0.1) is 0 Å². The summed E-state index contributed by atoms with van der Waals surface area (Å²) < 4.78 is 13.8. The van der Waals surface area contributed by atoms with E-state index in [1.807, 2.05) is 0 Å². The van der Waals surface area contributed by atoms with Crippen LogP contribution < -0.4 is 4.90 Å². The van der Waals surface area contributed by atoms with Gasteiger partial charge < -0.3 is 5.11 Å². The van der Waals surface area contributed by atoms with Gasteiger partial charge in [-0.2, -0.15) is 0 Å². The van der Waals surface area contributed by atoms with Crippen molar-refractivity contribution in [3.05, 3.63) is 54.0 Å². The van der Waals surface area contributed by atoms with E-state index in [0.29, 0.717) is 0 Å². The van der Waals surface area contributed by atoms with Crippen molar-refractivity contribution in [3.8, 4) is 0 Å². The highest BCUT2D eigenvalue weighted by atomic mass is 19.1.